The van der Waals surface area contributed by atoms with Crippen LogP contribution in [0.25, 0.3) is 21.3 Å². The normalized spacial score (nSPS) is 12.0. The van der Waals surface area contributed by atoms with Crippen molar-refractivity contribution in [1.82, 2.24) is 24.5 Å². The number of nitrogens with one attached hydrogen (secondary N) is 1. The molecule has 0 saturated carbocycles. The predicted molar refractivity (Wildman–Crippen MR) is 113 cm³/mol. The average molecular weight is 397 g/mol. The molecule has 4 aromatic rings. The van der Waals surface area contributed by atoms with E-state index in [9.17, 15) is 4.79 Å². The van der Waals surface area contributed by atoms with Crippen LogP contribution in [0.1, 0.15) is 49.1 Å². The van der Waals surface area contributed by atoms with E-state index in [1.165, 1.54) is 11.3 Å². The first-order valence-electron chi connectivity index (χ1n) is 9.45. The molecule has 28 heavy (non-hydrogen) atoms. The molecule has 0 bridgehead atoms. The molecule has 4 heterocycles. The maximum atomic E-state index is 12.8. The zero-order valence-electron chi connectivity index (χ0n) is 16.7. The summed E-state index contributed by atoms with van der Waals surface area (Å²) in [6.07, 6.45) is 3.46. The molecule has 146 valence electrons. The van der Waals surface area contributed by atoms with Gasteiger partial charge in [0.05, 0.1) is 28.7 Å². The van der Waals surface area contributed by atoms with Crippen LogP contribution in [-0.2, 0) is 6.54 Å². The summed E-state index contributed by atoms with van der Waals surface area (Å²) >= 11 is 1.48. The van der Waals surface area contributed by atoms with Gasteiger partial charge in [0, 0.05) is 23.4 Å². The van der Waals surface area contributed by atoms with Gasteiger partial charge in [0.2, 0.25) is 0 Å². The van der Waals surface area contributed by atoms with Crippen molar-refractivity contribution < 1.29 is 4.79 Å². The summed E-state index contributed by atoms with van der Waals surface area (Å²) in [7, 11) is 0. The van der Waals surface area contributed by atoms with E-state index in [4.69, 9.17) is 0 Å². The fourth-order valence-electron chi connectivity index (χ4n) is 3.27. The van der Waals surface area contributed by atoms with Gasteiger partial charge < -0.3 is 5.32 Å². The second-order valence-electron chi connectivity index (χ2n) is 7.76. The highest BCUT2D eigenvalue weighted by atomic mass is 32.1. The fourth-order valence-corrected chi connectivity index (χ4v) is 4.34. The quantitative estimate of drug-likeness (QED) is 0.533. The maximum Gasteiger partial charge on any atom is 0.265 e. The molecule has 0 unspecified atom stereocenters. The summed E-state index contributed by atoms with van der Waals surface area (Å²) < 4.78 is 3.88. The van der Waals surface area contributed by atoms with Gasteiger partial charge in [0.15, 0.2) is 5.65 Å². The molecule has 0 radical (unpaired) electrons. The summed E-state index contributed by atoms with van der Waals surface area (Å²) in [5.41, 5.74) is 2.44. The van der Waals surface area contributed by atoms with Crippen LogP contribution in [0.4, 0.5) is 5.69 Å². The minimum atomic E-state index is -0.130. The van der Waals surface area contributed by atoms with Crippen molar-refractivity contribution in [2.45, 2.75) is 47.2 Å². The van der Waals surface area contributed by atoms with Crippen molar-refractivity contribution >= 4 is 44.2 Å². The van der Waals surface area contributed by atoms with Crippen molar-refractivity contribution in [3.8, 4) is 0 Å². The largest absolute Gasteiger partial charge is 0.320 e. The molecule has 0 aliphatic rings. The van der Waals surface area contributed by atoms with E-state index >= 15 is 0 Å². The number of hydrogen-bond acceptors (Lipinski definition) is 5. The van der Waals surface area contributed by atoms with Gasteiger partial charge in [-0.05, 0) is 38.8 Å². The monoisotopic (exact) mass is 396 g/mol. The van der Waals surface area contributed by atoms with E-state index in [2.05, 4.69) is 48.2 Å². The third-order valence-electron chi connectivity index (χ3n) is 4.55. The van der Waals surface area contributed by atoms with Gasteiger partial charge in [-0.1, -0.05) is 13.8 Å². The second kappa shape index (κ2) is 7.01. The van der Waals surface area contributed by atoms with E-state index < -0.39 is 0 Å². The zero-order chi connectivity index (χ0) is 20.0. The molecule has 4 aromatic heterocycles. The summed E-state index contributed by atoms with van der Waals surface area (Å²) in [4.78, 5) is 19.0. The lowest BCUT2D eigenvalue weighted by Crippen LogP contribution is -2.11. The number of aryl methyl sites for hydroxylation is 1. The molecular formula is C20H24N6OS. The number of fused-ring (bicyclic) bond motifs is 2. The van der Waals surface area contributed by atoms with E-state index in [1.54, 1.807) is 12.4 Å². The molecule has 0 aromatic carbocycles. The number of carbonyl (C=O) groups excluding carboxylic acids is 1. The third kappa shape index (κ3) is 3.28. The lowest BCUT2D eigenvalue weighted by Gasteiger charge is -2.07. The van der Waals surface area contributed by atoms with Gasteiger partial charge in [-0.3, -0.25) is 9.48 Å². The summed E-state index contributed by atoms with van der Waals surface area (Å²) in [5, 5.41) is 13.9. The average Bonchev–Trinajstić information content (AvgIpc) is 3.30. The van der Waals surface area contributed by atoms with Gasteiger partial charge in [0.1, 0.15) is 4.83 Å². The minimum absolute atomic E-state index is 0.130. The summed E-state index contributed by atoms with van der Waals surface area (Å²) in [5.74, 6) is 0.362. The van der Waals surface area contributed by atoms with E-state index in [-0.39, 0.29) is 11.9 Å². The van der Waals surface area contributed by atoms with Crippen LogP contribution < -0.4 is 5.32 Å². The first-order chi connectivity index (χ1) is 13.3. The SMILES string of the molecule is Cc1nn(CC(C)C)c2sc(C(=O)Nc3cnc4c(cnn4C(C)C)c3)cc12. The number of aromatic nitrogens is 5. The molecule has 1 amide bonds. The Balaban J connectivity index is 1.60. The van der Waals surface area contributed by atoms with Crippen molar-refractivity contribution in [3.63, 3.8) is 0 Å². The highest BCUT2D eigenvalue weighted by molar-refractivity contribution is 7.20. The minimum Gasteiger partial charge on any atom is -0.320 e. The van der Waals surface area contributed by atoms with Gasteiger partial charge in [-0.2, -0.15) is 10.2 Å². The molecule has 0 atom stereocenters. The molecule has 0 fully saturated rings. The van der Waals surface area contributed by atoms with E-state index in [1.807, 2.05) is 28.4 Å². The Morgan fingerprint density at radius 3 is 2.71 bits per heavy atom. The molecule has 1 N–H and O–H groups in total. The van der Waals surface area contributed by atoms with Crippen LogP contribution in [0.3, 0.4) is 0 Å². The first kappa shape index (κ1) is 18.6. The van der Waals surface area contributed by atoms with Crippen molar-refractivity contribution in [2.24, 2.45) is 5.92 Å². The molecule has 4 rings (SSSR count). The van der Waals surface area contributed by atoms with E-state index in [0.29, 0.717) is 16.5 Å². The van der Waals surface area contributed by atoms with Gasteiger partial charge >= 0.3 is 0 Å². The fraction of sp³-hybridized carbons (Fsp3) is 0.400. The summed E-state index contributed by atoms with van der Waals surface area (Å²) in [6.45, 7) is 11.3. The third-order valence-corrected chi connectivity index (χ3v) is 5.70. The van der Waals surface area contributed by atoms with Gasteiger partial charge in [-0.15, -0.1) is 11.3 Å². The molecule has 0 saturated heterocycles. The predicted octanol–water partition coefficient (Wildman–Crippen LogP) is 4.64. The Kier molecular flexibility index (Phi) is 4.66. The second-order valence-corrected chi connectivity index (χ2v) is 8.80. The number of pyridine rings is 1. The van der Waals surface area contributed by atoms with Crippen molar-refractivity contribution in [2.75, 3.05) is 5.32 Å². The Hall–Kier alpha value is -2.74. The Bertz CT molecular complexity index is 1170. The van der Waals surface area contributed by atoms with Gasteiger partial charge in [0.25, 0.3) is 5.91 Å². The van der Waals surface area contributed by atoms with Crippen LogP contribution in [0.15, 0.2) is 24.5 Å². The van der Waals surface area contributed by atoms with Crippen LogP contribution in [0.2, 0.25) is 0 Å². The molecule has 0 aliphatic heterocycles. The standard InChI is InChI=1S/C20H24N6OS/c1-11(2)10-25-20-16(13(5)24-25)7-17(28-20)19(27)23-15-6-14-8-22-26(12(3)4)18(14)21-9-15/h6-9,11-12H,10H2,1-5H3,(H,23,27). The number of hydrogen-bond donors (Lipinski definition) is 1. The van der Waals surface area contributed by atoms with Crippen LogP contribution in [-0.4, -0.2) is 30.5 Å². The Morgan fingerprint density at radius 2 is 2.00 bits per heavy atom. The van der Waals surface area contributed by atoms with Crippen molar-refractivity contribution in [1.29, 1.82) is 0 Å². The number of thiophene rings is 1. The summed E-state index contributed by atoms with van der Waals surface area (Å²) in [6, 6.07) is 4.07. The number of anilines is 1. The Labute approximate surface area is 167 Å². The smallest absolute Gasteiger partial charge is 0.265 e. The number of carbonyl (C=O) groups is 1. The van der Waals surface area contributed by atoms with Crippen LogP contribution in [0.5, 0.6) is 0 Å². The molecular weight excluding hydrogens is 372 g/mol. The number of nitrogens with zero attached hydrogens (tertiary/aromatic N) is 5. The lowest BCUT2D eigenvalue weighted by molar-refractivity contribution is 0.103. The van der Waals surface area contributed by atoms with Crippen molar-refractivity contribution in [3.05, 3.63) is 35.1 Å². The highest BCUT2D eigenvalue weighted by Gasteiger charge is 2.17. The van der Waals surface area contributed by atoms with Crippen LogP contribution >= 0.6 is 11.3 Å². The maximum absolute atomic E-state index is 12.8. The first-order valence-corrected chi connectivity index (χ1v) is 10.3. The zero-order valence-corrected chi connectivity index (χ0v) is 17.5. The Morgan fingerprint density at radius 1 is 1.21 bits per heavy atom. The topological polar surface area (TPSA) is 77.6 Å². The highest BCUT2D eigenvalue weighted by Crippen LogP contribution is 2.29. The number of rotatable bonds is 5. The number of amides is 1. The van der Waals surface area contributed by atoms with Gasteiger partial charge in [-0.25, -0.2) is 9.67 Å². The lowest BCUT2D eigenvalue weighted by atomic mass is 10.2. The molecule has 0 aliphatic carbocycles. The van der Waals surface area contributed by atoms with E-state index in [0.717, 1.165) is 33.5 Å². The van der Waals surface area contributed by atoms with Crippen LogP contribution in [0, 0.1) is 12.8 Å². The molecule has 8 heteroatoms. The molecule has 0 spiro atoms. The molecule has 7 nitrogen and oxygen atoms in total.